The summed E-state index contributed by atoms with van der Waals surface area (Å²) < 4.78 is 0. The van der Waals surface area contributed by atoms with E-state index in [1.165, 1.54) is 6.33 Å². The van der Waals surface area contributed by atoms with Crippen molar-refractivity contribution in [3.8, 4) is 0 Å². The lowest BCUT2D eigenvalue weighted by atomic mass is 10.0. The first-order valence-corrected chi connectivity index (χ1v) is 5.25. The third kappa shape index (κ3) is 4.10. The molecule has 5 heteroatoms. The van der Waals surface area contributed by atoms with Gasteiger partial charge < -0.3 is 5.32 Å². The fourth-order valence-electron chi connectivity index (χ4n) is 1.26. The predicted molar refractivity (Wildman–Crippen MR) is 57.4 cm³/mol. The van der Waals surface area contributed by atoms with Crippen LogP contribution in [0.25, 0.3) is 0 Å². The Morgan fingerprint density at radius 1 is 1.47 bits per heavy atom. The molecule has 1 amide bonds. The average Bonchev–Trinajstić information content (AvgIpc) is 2.67. The van der Waals surface area contributed by atoms with Crippen molar-refractivity contribution in [2.24, 2.45) is 5.92 Å². The van der Waals surface area contributed by atoms with Gasteiger partial charge in [-0.3, -0.25) is 9.89 Å². The van der Waals surface area contributed by atoms with Crippen molar-refractivity contribution in [3.63, 3.8) is 0 Å². The Kier molecular flexibility index (Phi) is 4.27. The number of aromatic nitrogens is 3. The molecule has 84 valence electrons. The van der Waals surface area contributed by atoms with Crippen LogP contribution in [0, 0.1) is 5.92 Å². The molecule has 0 aromatic carbocycles. The molecule has 1 rings (SSSR count). The van der Waals surface area contributed by atoms with Gasteiger partial charge in [0.25, 0.3) is 5.91 Å². The molecule has 15 heavy (non-hydrogen) atoms. The highest BCUT2D eigenvalue weighted by atomic mass is 16.2. The Morgan fingerprint density at radius 3 is 2.73 bits per heavy atom. The van der Waals surface area contributed by atoms with Crippen molar-refractivity contribution in [1.82, 2.24) is 20.5 Å². The molecule has 0 saturated carbocycles. The Labute approximate surface area is 89.7 Å². The zero-order valence-electron chi connectivity index (χ0n) is 9.45. The minimum absolute atomic E-state index is 0.171. The third-order valence-corrected chi connectivity index (χ3v) is 2.18. The van der Waals surface area contributed by atoms with E-state index in [0.29, 0.717) is 5.92 Å². The minimum atomic E-state index is -0.191. The summed E-state index contributed by atoms with van der Waals surface area (Å²) in [7, 11) is 0. The van der Waals surface area contributed by atoms with Crippen LogP contribution < -0.4 is 5.32 Å². The Hall–Kier alpha value is -1.39. The van der Waals surface area contributed by atoms with Crippen LogP contribution in [-0.4, -0.2) is 27.1 Å². The molecule has 1 aromatic heterocycles. The molecule has 1 atom stereocenters. The van der Waals surface area contributed by atoms with Crippen LogP contribution in [0.4, 0.5) is 0 Å². The summed E-state index contributed by atoms with van der Waals surface area (Å²) in [6, 6.07) is 0.171. The lowest BCUT2D eigenvalue weighted by molar-refractivity contribution is 0.0927. The van der Waals surface area contributed by atoms with Crippen molar-refractivity contribution in [3.05, 3.63) is 12.2 Å². The molecule has 0 radical (unpaired) electrons. The average molecular weight is 210 g/mol. The van der Waals surface area contributed by atoms with Gasteiger partial charge in [0.2, 0.25) is 5.82 Å². The normalized spacial score (nSPS) is 12.8. The van der Waals surface area contributed by atoms with E-state index in [9.17, 15) is 4.79 Å². The second kappa shape index (κ2) is 5.48. The minimum Gasteiger partial charge on any atom is -0.347 e. The summed E-state index contributed by atoms with van der Waals surface area (Å²) in [5, 5.41) is 9.03. The third-order valence-electron chi connectivity index (χ3n) is 2.18. The molecule has 5 nitrogen and oxygen atoms in total. The van der Waals surface area contributed by atoms with Crippen molar-refractivity contribution in [2.75, 3.05) is 0 Å². The smallest absolute Gasteiger partial charge is 0.288 e. The van der Waals surface area contributed by atoms with Crippen molar-refractivity contribution in [1.29, 1.82) is 0 Å². The summed E-state index contributed by atoms with van der Waals surface area (Å²) in [6.07, 6.45) is 3.42. The molecule has 2 N–H and O–H groups in total. The monoisotopic (exact) mass is 210 g/mol. The number of rotatable bonds is 5. The van der Waals surface area contributed by atoms with Gasteiger partial charge in [-0.2, -0.15) is 5.10 Å². The Bertz CT molecular complexity index is 294. The molecule has 1 unspecified atom stereocenters. The zero-order valence-corrected chi connectivity index (χ0v) is 9.45. The fraction of sp³-hybridized carbons (Fsp3) is 0.700. The van der Waals surface area contributed by atoms with E-state index in [-0.39, 0.29) is 17.8 Å². The molecule has 0 aliphatic rings. The maximum Gasteiger partial charge on any atom is 0.288 e. The highest BCUT2D eigenvalue weighted by molar-refractivity contribution is 5.90. The van der Waals surface area contributed by atoms with E-state index in [4.69, 9.17) is 0 Å². The summed E-state index contributed by atoms with van der Waals surface area (Å²) in [5.74, 6) is 0.741. The van der Waals surface area contributed by atoms with Gasteiger partial charge in [0.1, 0.15) is 6.33 Å². The molecule has 1 heterocycles. The number of amides is 1. The van der Waals surface area contributed by atoms with E-state index in [1.54, 1.807) is 0 Å². The quantitative estimate of drug-likeness (QED) is 0.770. The van der Waals surface area contributed by atoms with Gasteiger partial charge in [0, 0.05) is 6.04 Å². The summed E-state index contributed by atoms with van der Waals surface area (Å²) in [6.45, 7) is 6.34. The number of hydrogen-bond acceptors (Lipinski definition) is 3. The maximum absolute atomic E-state index is 11.5. The summed E-state index contributed by atoms with van der Waals surface area (Å²) >= 11 is 0. The number of carbonyl (C=O) groups is 1. The number of aromatic amines is 1. The van der Waals surface area contributed by atoms with E-state index in [2.05, 4.69) is 34.3 Å². The largest absolute Gasteiger partial charge is 0.347 e. The zero-order chi connectivity index (χ0) is 11.3. The van der Waals surface area contributed by atoms with Gasteiger partial charge in [-0.15, -0.1) is 0 Å². The van der Waals surface area contributed by atoms with Gasteiger partial charge in [0.05, 0.1) is 0 Å². The second-order valence-corrected chi connectivity index (χ2v) is 4.18. The molecule has 0 spiro atoms. The van der Waals surface area contributed by atoms with Crippen LogP contribution in [0.15, 0.2) is 6.33 Å². The molecule has 1 aromatic rings. The van der Waals surface area contributed by atoms with Gasteiger partial charge in [0.15, 0.2) is 0 Å². The van der Waals surface area contributed by atoms with Crippen LogP contribution in [-0.2, 0) is 0 Å². The van der Waals surface area contributed by atoms with Crippen molar-refractivity contribution in [2.45, 2.75) is 39.7 Å². The molecule has 0 fully saturated rings. The van der Waals surface area contributed by atoms with Crippen LogP contribution in [0.2, 0.25) is 0 Å². The highest BCUT2D eigenvalue weighted by Gasteiger charge is 2.11. The van der Waals surface area contributed by atoms with Gasteiger partial charge in [-0.05, 0) is 25.7 Å². The van der Waals surface area contributed by atoms with Gasteiger partial charge in [-0.1, -0.05) is 13.8 Å². The molecule has 0 aliphatic heterocycles. The number of H-pyrrole nitrogens is 1. The fourth-order valence-corrected chi connectivity index (χ4v) is 1.26. The maximum atomic E-state index is 11.5. The summed E-state index contributed by atoms with van der Waals surface area (Å²) in [4.78, 5) is 15.3. The molecular formula is C10H18N4O. The van der Waals surface area contributed by atoms with Gasteiger partial charge >= 0.3 is 0 Å². The van der Waals surface area contributed by atoms with Crippen LogP contribution in [0.3, 0.4) is 0 Å². The van der Waals surface area contributed by atoms with Crippen LogP contribution >= 0.6 is 0 Å². The van der Waals surface area contributed by atoms with Crippen molar-refractivity contribution >= 4 is 5.91 Å². The Balaban J connectivity index is 2.32. The van der Waals surface area contributed by atoms with Gasteiger partial charge in [-0.25, -0.2) is 4.98 Å². The standard InChI is InChI=1S/C10H18N4O/c1-7(2)4-5-8(3)13-10(15)9-11-6-12-14-9/h6-8H,4-5H2,1-3H3,(H,13,15)(H,11,12,14). The number of hydrogen-bond donors (Lipinski definition) is 2. The summed E-state index contributed by atoms with van der Waals surface area (Å²) in [5.41, 5.74) is 0. The second-order valence-electron chi connectivity index (χ2n) is 4.18. The van der Waals surface area contributed by atoms with E-state index >= 15 is 0 Å². The Morgan fingerprint density at radius 2 is 2.20 bits per heavy atom. The SMILES string of the molecule is CC(C)CCC(C)NC(=O)c1ncn[nH]1. The topological polar surface area (TPSA) is 70.7 Å². The van der Waals surface area contributed by atoms with Crippen molar-refractivity contribution < 1.29 is 4.79 Å². The van der Waals surface area contributed by atoms with Crippen LogP contribution in [0.5, 0.6) is 0 Å². The number of carbonyl (C=O) groups excluding carboxylic acids is 1. The van der Waals surface area contributed by atoms with E-state index in [0.717, 1.165) is 12.8 Å². The number of nitrogens with zero attached hydrogens (tertiary/aromatic N) is 2. The molecule has 0 bridgehead atoms. The van der Waals surface area contributed by atoms with E-state index < -0.39 is 0 Å². The highest BCUT2D eigenvalue weighted by Crippen LogP contribution is 2.06. The predicted octanol–water partition coefficient (Wildman–Crippen LogP) is 1.36. The lowest BCUT2D eigenvalue weighted by Gasteiger charge is -2.13. The lowest BCUT2D eigenvalue weighted by Crippen LogP contribution is -2.33. The first-order chi connectivity index (χ1) is 7.09. The number of nitrogens with one attached hydrogen (secondary N) is 2. The molecule has 0 saturated heterocycles. The van der Waals surface area contributed by atoms with E-state index in [1.807, 2.05) is 6.92 Å². The first kappa shape index (κ1) is 11.7. The molecule has 0 aliphatic carbocycles. The first-order valence-electron chi connectivity index (χ1n) is 5.25. The molecular weight excluding hydrogens is 192 g/mol. The van der Waals surface area contributed by atoms with Crippen LogP contribution in [0.1, 0.15) is 44.2 Å².